The Labute approximate surface area is 228 Å². The molecule has 4 aliphatic rings. The van der Waals surface area contributed by atoms with E-state index in [9.17, 15) is 9.59 Å². The summed E-state index contributed by atoms with van der Waals surface area (Å²) < 4.78 is 17.5. The minimum absolute atomic E-state index is 0.0491. The van der Waals surface area contributed by atoms with Gasteiger partial charge in [0.25, 0.3) is 0 Å². The Hall–Kier alpha value is -2.38. The van der Waals surface area contributed by atoms with E-state index in [2.05, 4.69) is 44.3 Å². The van der Waals surface area contributed by atoms with Crippen LogP contribution in [-0.4, -0.2) is 65.9 Å². The number of allylic oxidation sites excluding steroid dienone is 3. The summed E-state index contributed by atoms with van der Waals surface area (Å²) in [6.07, 6.45) is 21.2. The average Bonchev–Trinajstić information content (AvgIpc) is 3.43. The first-order chi connectivity index (χ1) is 18.0. The Kier molecular flexibility index (Phi) is 9.19. The van der Waals surface area contributed by atoms with Gasteiger partial charge in [0.1, 0.15) is 12.1 Å². The maximum absolute atomic E-state index is 12.4. The molecule has 3 fully saturated rings. The second kappa shape index (κ2) is 12.2. The molecule has 3 heterocycles. The van der Waals surface area contributed by atoms with Crippen LogP contribution in [0.5, 0.6) is 0 Å². The number of carbonyl (C=O) groups is 2. The van der Waals surface area contributed by atoms with Gasteiger partial charge in [0.2, 0.25) is 5.91 Å². The Balaban J connectivity index is 1.12. The van der Waals surface area contributed by atoms with Crippen LogP contribution in [0.4, 0.5) is 0 Å². The highest BCUT2D eigenvalue weighted by molar-refractivity contribution is 5.87. The van der Waals surface area contributed by atoms with Crippen molar-refractivity contribution in [2.75, 3.05) is 13.7 Å². The molecule has 38 heavy (non-hydrogen) atoms. The van der Waals surface area contributed by atoms with E-state index >= 15 is 0 Å². The average molecular weight is 527 g/mol. The van der Waals surface area contributed by atoms with Crippen LogP contribution >= 0.6 is 0 Å². The summed E-state index contributed by atoms with van der Waals surface area (Å²) in [6, 6.07) is -0.0685. The molecule has 0 radical (unpaired) electrons. The summed E-state index contributed by atoms with van der Waals surface area (Å²) in [5.41, 5.74) is 1.18. The van der Waals surface area contributed by atoms with Crippen LogP contribution in [-0.2, 0) is 23.8 Å². The van der Waals surface area contributed by atoms with Crippen LogP contribution in [0.3, 0.4) is 0 Å². The van der Waals surface area contributed by atoms with Gasteiger partial charge in [-0.3, -0.25) is 4.79 Å². The quantitative estimate of drug-likeness (QED) is 0.197. The molecule has 7 nitrogen and oxygen atoms in total. The van der Waals surface area contributed by atoms with Crippen molar-refractivity contribution < 1.29 is 23.8 Å². The lowest BCUT2D eigenvalue weighted by molar-refractivity contribution is -0.150. The number of amides is 1. The van der Waals surface area contributed by atoms with Gasteiger partial charge in [0, 0.05) is 32.0 Å². The van der Waals surface area contributed by atoms with Crippen molar-refractivity contribution in [3.05, 3.63) is 48.2 Å². The summed E-state index contributed by atoms with van der Waals surface area (Å²) in [5.74, 6) is 0.265. The molecule has 1 spiro atoms. The van der Waals surface area contributed by atoms with Gasteiger partial charge in [0.05, 0.1) is 23.9 Å². The van der Waals surface area contributed by atoms with Crippen LogP contribution in [0.2, 0.25) is 0 Å². The minimum atomic E-state index is -0.443. The van der Waals surface area contributed by atoms with Crippen molar-refractivity contribution in [3.8, 4) is 0 Å². The van der Waals surface area contributed by atoms with Crippen molar-refractivity contribution in [1.29, 1.82) is 0 Å². The maximum atomic E-state index is 12.4. The maximum Gasteiger partial charge on any atom is 0.329 e. The van der Waals surface area contributed by atoms with Gasteiger partial charge >= 0.3 is 5.97 Å². The molecule has 1 aliphatic carbocycles. The topological polar surface area (TPSA) is 80.4 Å². The van der Waals surface area contributed by atoms with Gasteiger partial charge in [0.15, 0.2) is 0 Å². The van der Waals surface area contributed by atoms with Crippen LogP contribution in [0.15, 0.2) is 48.2 Å². The smallest absolute Gasteiger partial charge is 0.329 e. The predicted molar refractivity (Wildman–Crippen MR) is 148 cm³/mol. The van der Waals surface area contributed by atoms with Gasteiger partial charge in [-0.15, -0.1) is 0 Å². The Morgan fingerprint density at radius 2 is 1.95 bits per heavy atom. The number of likely N-dealkylation sites (N-methyl/N-ethyl adjacent to an activating group) is 1. The number of esters is 1. The van der Waals surface area contributed by atoms with Crippen molar-refractivity contribution in [3.63, 3.8) is 0 Å². The lowest BCUT2D eigenvalue weighted by atomic mass is 9.83. The molecule has 0 aromatic carbocycles. The molecule has 3 aliphatic heterocycles. The van der Waals surface area contributed by atoms with Gasteiger partial charge in [-0.25, -0.2) is 4.79 Å². The molecule has 4 atom stereocenters. The summed E-state index contributed by atoms with van der Waals surface area (Å²) in [4.78, 5) is 26.5. The molecule has 4 rings (SSSR count). The van der Waals surface area contributed by atoms with Crippen LogP contribution in [0, 0.1) is 5.92 Å². The van der Waals surface area contributed by atoms with Crippen molar-refractivity contribution in [2.45, 2.75) is 115 Å². The van der Waals surface area contributed by atoms with E-state index in [4.69, 9.17) is 14.2 Å². The molecule has 0 aromatic rings. The first-order valence-corrected chi connectivity index (χ1v) is 14.3. The van der Waals surface area contributed by atoms with Gasteiger partial charge < -0.3 is 24.4 Å². The molecule has 7 heteroatoms. The lowest BCUT2D eigenvalue weighted by Crippen LogP contribution is -2.43. The minimum Gasteiger partial charge on any atom is -0.457 e. The Bertz CT molecular complexity index is 963. The van der Waals surface area contributed by atoms with E-state index in [1.165, 1.54) is 11.6 Å². The van der Waals surface area contributed by atoms with Crippen LogP contribution < -0.4 is 5.32 Å². The first kappa shape index (κ1) is 28.6. The SMILES string of the molecule is CC(/C=C/[C@@H]1C[C@]2(CO2)CC(C)(C)O1)=C\CC1CCC(NC(=O)/C=C\[C@H](C)OC(=O)C2CC=CN2C)CC1. The highest BCUT2D eigenvalue weighted by atomic mass is 16.6. The van der Waals surface area contributed by atoms with Crippen LogP contribution in [0.25, 0.3) is 0 Å². The molecular weight excluding hydrogens is 480 g/mol. The van der Waals surface area contributed by atoms with E-state index in [0.29, 0.717) is 12.3 Å². The third-order valence-corrected chi connectivity index (χ3v) is 8.17. The highest BCUT2D eigenvalue weighted by Crippen LogP contribution is 2.46. The molecule has 1 unspecified atom stereocenters. The summed E-state index contributed by atoms with van der Waals surface area (Å²) in [7, 11) is 1.86. The zero-order valence-corrected chi connectivity index (χ0v) is 23.8. The Morgan fingerprint density at radius 1 is 1.21 bits per heavy atom. The number of epoxide rings is 1. The van der Waals surface area contributed by atoms with E-state index in [1.54, 1.807) is 13.0 Å². The second-order valence-electron chi connectivity index (χ2n) is 12.3. The number of rotatable bonds is 9. The normalized spacial score (nSPS) is 33.7. The van der Waals surface area contributed by atoms with E-state index in [0.717, 1.165) is 51.6 Å². The largest absolute Gasteiger partial charge is 0.457 e. The van der Waals surface area contributed by atoms with Crippen LogP contribution in [0.1, 0.15) is 79.1 Å². The van der Waals surface area contributed by atoms with Crippen molar-refractivity contribution in [2.24, 2.45) is 5.92 Å². The fourth-order valence-corrected chi connectivity index (χ4v) is 6.02. The standard InChI is InChI=1S/C31H46N2O5/c1-22(9-16-26-19-31(21-36-31)20-30(3,4)38-26)8-11-24-12-14-25(15-13-24)32-28(34)17-10-23(2)37-29(35)27-7-6-18-33(27)5/h6,8-10,16-18,23-27H,7,11-15,19-21H2,1-5H3,(H,32,34)/b16-9+,17-10-,22-8+/t23-,24?,25?,26+,27?,31+/m0/s1. The summed E-state index contributed by atoms with van der Waals surface area (Å²) >= 11 is 0. The second-order valence-corrected chi connectivity index (χ2v) is 12.3. The number of ether oxygens (including phenoxy) is 3. The number of hydrogen-bond donors (Lipinski definition) is 1. The Morgan fingerprint density at radius 3 is 2.61 bits per heavy atom. The third-order valence-electron chi connectivity index (χ3n) is 8.17. The van der Waals surface area contributed by atoms with Gasteiger partial charge in [-0.1, -0.05) is 29.9 Å². The number of nitrogens with one attached hydrogen (secondary N) is 1. The predicted octanol–water partition coefficient (Wildman–Crippen LogP) is 4.99. The summed E-state index contributed by atoms with van der Waals surface area (Å²) in [6.45, 7) is 9.11. The summed E-state index contributed by atoms with van der Waals surface area (Å²) in [5, 5.41) is 3.11. The van der Waals surface area contributed by atoms with Crippen molar-refractivity contribution >= 4 is 11.9 Å². The van der Waals surface area contributed by atoms with E-state index in [1.807, 2.05) is 24.2 Å². The molecule has 1 saturated carbocycles. The number of nitrogens with zero attached hydrogens (tertiary/aromatic N) is 1. The molecule has 210 valence electrons. The number of carbonyl (C=O) groups excluding carboxylic acids is 2. The molecule has 1 N–H and O–H groups in total. The van der Waals surface area contributed by atoms with Gasteiger partial charge in [-0.05, 0) is 84.4 Å². The fourth-order valence-electron chi connectivity index (χ4n) is 6.02. The zero-order valence-electron chi connectivity index (χ0n) is 23.8. The third kappa shape index (κ3) is 8.31. The molecule has 0 aromatic heterocycles. The highest BCUT2D eigenvalue weighted by Gasteiger charge is 2.53. The van der Waals surface area contributed by atoms with Crippen molar-refractivity contribution in [1.82, 2.24) is 10.2 Å². The molecule has 0 bridgehead atoms. The van der Waals surface area contributed by atoms with E-state index in [-0.39, 0.29) is 41.3 Å². The zero-order chi connectivity index (χ0) is 27.3. The van der Waals surface area contributed by atoms with E-state index < -0.39 is 6.10 Å². The monoisotopic (exact) mass is 526 g/mol. The lowest BCUT2D eigenvalue weighted by Gasteiger charge is -2.38. The molecular formula is C31H46N2O5. The first-order valence-electron chi connectivity index (χ1n) is 14.3. The fraction of sp³-hybridized carbons (Fsp3) is 0.677. The van der Waals surface area contributed by atoms with Gasteiger partial charge in [-0.2, -0.15) is 0 Å². The number of hydrogen-bond acceptors (Lipinski definition) is 6. The molecule has 1 amide bonds. The molecule has 2 saturated heterocycles.